The van der Waals surface area contributed by atoms with Crippen molar-refractivity contribution in [3.63, 3.8) is 0 Å². The van der Waals surface area contributed by atoms with E-state index in [0.29, 0.717) is 0 Å². The van der Waals surface area contributed by atoms with E-state index in [1.54, 1.807) is 0 Å². The Hall–Kier alpha value is -0.930. The summed E-state index contributed by atoms with van der Waals surface area (Å²) in [6.07, 6.45) is 0. The number of nitroso groups, excluding NO2 is 1. The first-order valence-electron chi connectivity index (χ1n) is 2.26. The first-order chi connectivity index (χ1) is 3.72. The van der Waals surface area contributed by atoms with Crippen LogP contribution in [-0.2, 0) is 4.79 Å². The number of carbonyl (C=O) groups excluding carboxylic acids is 1. The molecule has 0 aliphatic rings. The number of carbonyl (C=O) groups is 1. The maximum atomic E-state index is 10.3. The van der Waals surface area contributed by atoms with Gasteiger partial charge in [0.2, 0.25) is 5.91 Å². The molecule has 1 atom stereocenters. The van der Waals surface area contributed by atoms with E-state index >= 15 is 0 Å². The molecule has 1 N–H and O–H groups in total. The second-order valence-corrected chi connectivity index (χ2v) is 1.40. The Labute approximate surface area is 47.2 Å². The van der Waals surface area contributed by atoms with E-state index in [2.05, 4.69) is 10.5 Å². The van der Waals surface area contributed by atoms with Crippen molar-refractivity contribution < 1.29 is 4.79 Å². The molecule has 0 radical (unpaired) electrons. The monoisotopic (exact) mass is 116 g/mol. The van der Waals surface area contributed by atoms with E-state index < -0.39 is 6.04 Å². The van der Waals surface area contributed by atoms with Gasteiger partial charge in [-0.05, 0) is 6.92 Å². The maximum absolute atomic E-state index is 10.3. The van der Waals surface area contributed by atoms with Crippen molar-refractivity contribution in [2.24, 2.45) is 5.18 Å². The molecule has 1 unspecified atom stereocenters. The number of hydrogen-bond donors (Lipinski definition) is 1. The minimum atomic E-state index is -0.764. The minimum absolute atomic E-state index is 0.347. The normalized spacial score (nSPS) is 12.2. The van der Waals surface area contributed by atoms with Crippen LogP contribution < -0.4 is 5.32 Å². The molecular weight excluding hydrogens is 108 g/mol. The Morgan fingerprint density at radius 2 is 2.25 bits per heavy atom. The van der Waals surface area contributed by atoms with Gasteiger partial charge in [-0.3, -0.25) is 4.79 Å². The Balaban J connectivity index is 3.62. The van der Waals surface area contributed by atoms with Crippen LogP contribution in [-0.4, -0.2) is 19.0 Å². The third-order valence-electron chi connectivity index (χ3n) is 0.784. The summed E-state index contributed by atoms with van der Waals surface area (Å²) < 4.78 is 0. The topological polar surface area (TPSA) is 58.5 Å². The van der Waals surface area contributed by atoms with Gasteiger partial charge >= 0.3 is 0 Å². The molecule has 0 heterocycles. The lowest BCUT2D eigenvalue weighted by atomic mass is 10.3. The van der Waals surface area contributed by atoms with Crippen LogP contribution in [0.4, 0.5) is 0 Å². The molecule has 46 valence electrons. The van der Waals surface area contributed by atoms with Crippen LogP contribution >= 0.6 is 0 Å². The third-order valence-corrected chi connectivity index (χ3v) is 0.784. The molecule has 0 aromatic heterocycles. The minimum Gasteiger partial charge on any atom is -0.357 e. The maximum Gasteiger partial charge on any atom is 0.247 e. The van der Waals surface area contributed by atoms with Gasteiger partial charge in [-0.2, -0.15) is 0 Å². The SMILES string of the molecule is CNC(=O)C(C)N=O. The van der Waals surface area contributed by atoms with Crippen LogP contribution in [0.5, 0.6) is 0 Å². The second kappa shape index (κ2) is 3.12. The lowest BCUT2D eigenvalue weighted by Crippen LogP contribution is -2.27. The highest BCUT2D eigenvalue weighted by Gasteiger charge is 2.08. The van der Waals surface area contributed by atoms with E-state index in [9.17, 15) is 9.70 Å². The molecular formula is C4H8N2O2. The van der Waals surface area contributed by atoms with E-state index in [0.717, 1.165) is 0 Å². The Morgan fingerprint density at radius 3 is 2.38 bits per heavy atom. The van der Waals surface area contributed by atoms with Crippen molar-refractivity contribution in [2.45, 2.75) is 13.0 Å². The van der Waals surface area contributed by atoms with Crippen molar-refractivity contribution in [1.29, 1.82) is 0 Å². The number of rotatable bonds is 2. The molecule has 1 amide bonds. The summed E-state index contributed by atoms with van der Waals surface area (Å²) in [7, 11) is 1.46. The third kappa shape index (κ3) is 1.68. The zero-order chi connectivity index (χ0) is 6.57. The fourth-order valence-electron chi connectivity index (χ4n) is 0.257. The molecule has 0 aromatic rings. The zero-order valence-corrected chi connectivity index (χ0v) is 4.84. The van der Waals surface area contributed by atoms with Crippen molar-refractivity contribution in [3.8, 4) is 0 Å². The standard InChI is InChI=1S/C4H8N2O2/c1-3(6-8)4(7)5-2/h3H,1-2H3,(H,5,7). The van der Waals surface area contributed by atoms with Crippen LogP contribution in [0.3, 0.4) is 0 Å². The van der Waals surface area contributed by atoms with Gasteiger partial charge in [0.25, 0.3) is 0 Å². The fourth-order valence-corrected chi connectivity index (χ4v) is 0.257. The molecule has 0 fully saturated rings. The van der Waals surface area contributed by atoms with Crippen molar-refractivity contribution >= 4 is 5.91 Å². The fraction of sp³-hybridized carbons (Fsp3) is 0.750. The second-order valence-electron chi connectivity index (χ2n) is 1.40. The molecule has 0 spiro atoms. The van der Waals surface area contributed by atoms with E-state index in [1.165, 1.54) is 14.0 Å². The molecule has 0 aromatic carbocycles. The highest BCUT2D eigenvalue weighted by molar-refractivity contribution is 5.80. The highest BCUT2D eigenvalue weighted by atomic mass is 16.3. The van der Waals surface area contributed by atoms with Crippen LogP contribution in [0.15, 0.2) is 5.18 Å². The van der Waals surface area contributed by atoms with Gasteiger partial charge in [-0.25, -0.2) is 0 Å². The van der Waals surface area contributed by atoms with Gasteiger partial charge < -0.3 is 5.32 Å². The average molecular weight is 116 g/mol. The smallest absolute Gasteiger partial charge is 0.247 e. The molecule has 8 heavy (non-hydrogen) atoms. The average Bonchev–Trinajstić information content (AvgIpc) is 1.84. The van der Waals surface area contributed by atoms with Crippen LogP contribution in [0.25, 0.3) is 0 Å². The van der Waals surface area contributed by atoms with Crippen LogP contribution in [0, 0.1) is 4.91 Å². The van der Waals surface area contributed by atoms with Gasteiger partial charge in [0, 0.05) is 7.05 Å². The quantitative estimate of drug-likeness (QED) is 0.511. The van der Waals surface area contributed by atoms with Crippen molar-refractivity contribution in [2.75, 3.05) is 7.05 Å². The van der Waals surface area contributed by atoms with Gasteiger partial charge in [-0.1, -0.05) is 5.18 Å². The van der Waals surface area contributed by atoms with Gasteiger partial charge in [0.15, 0.2) is 6.04 Å². The van der Waals surface area contributed by atoms with E-state index in [-0.39, 0.29) is 5.91 Å². The lowest BCUT2D eigenvalue weighted by Gasteiger charge is -1.96. The molecule has 0 saturated heterocycles. The van der Waals surface area contributed by atoms with Crippen molar-refractivity contribution in [3.05, 3.63) is 4.91 Å². The largest absolute Gasteiger partial charge is 0.357 e. The molecule has 0 aliphatic heterocycles. The van der Waals surface area contributed by atoms with E-state index in [4.69, 9.17) is 0 Å². The number of hydrogen-bond acceptors (Lipinski definition) is 3. The molecule has 4 heteroatoms. The predicted octanol–water partition coefficient (Wildman–Crippen LogP) is -0.113. The van der Waals surface area contributed by atoms with Crippen LogP contribution in [0.2, 0.25) is 0 Å². The van der Waals surface area contributed by atoms with Gasteiger partial charge in [0.05, 0.1) is 0 Å². The molecule has 0 aliphatic carbocycles. The number of likely N-dealkylation sites (N-methyl/N-ethyl adjacent to an activating group) is 1. The van der Waals surface area contributed by atoms with Gasteiger partial charge in [0.1, 0.15) is 0 Å². The highest BCUT2D eigenvalue weighted by Crippen LogP contribution is 1.84. The Morgan fingerprint density at radius 1 is 1.75 bits per heavy atom. The summed E-state index contributed by atoms with van der Waals surface area (Å²) in [5, 5.41) is 4.78. The molecule has 0 saturated carbocycles. The predicted molar refractivity (Wildman–Crippen MR) is 29.3 cm³/mol. The first-order valence-corrected chi connectivity index (χ1v) is 2.26. The molecule has 0 bridgehead atoms. The summed E-state index contributed by atoms with van der Waals surface area (Å²) in [4.78, 5) is 19.9. The van der Waals surface area contributed by atoms with Crippen molar-refractivity contribution in [1.82, 2.24) is 5.32 Å². The zero-order valence-electron chi connectivity index (χ0n) is 4.84. The van der Waals surface area contributed by atoms with Gasteiger partial charge in [-0.15, -0.1) is 4.91 Å². The number of nitrogens with zero attached hydrogens (tertiary/aromatic N) is 1. The summed E-state index contributed by atoms with van der Waals surface area (Å²) in [6.45, 7) is 1.44. The number of amides is 1. The summed E-state index contributed by atoms with van der Waals surface area (Å²) >= 11 is 0. The molecule has 4 nitrogen and oxygen atoms in total. The first kappa shape index (κ1) is 7.07. The summed E-state index contributed by atoms with van der Waals surface area (Å²) in [5.41, 5.74) is 0. The molecule has 0 rings (SSSR count). The summed E-state index contributed by atoms with van der Waals surface area (Å²) in [6, 6.07) is -0.764. The number of nitrogens with one attached hydrogen (secondary N) is 1. The summed E-state index contributed by atoms with van der Waals surface area (Å²) in [5.74, 6) is -0.347. The van der Waals surface area contributed by atoms with Crippen LogP contribution in [0.1, 0.15) is 6.92 Å². The van der Waals surface area contributed by atoms with E-state index in [1.807, 2.05) is 0 Å². The Kier molecular flexibility index (Phi) is 2.76. The lowest BCUT2D eigenvalue weighted by molar-refractivity contribution is -0.121. The Bertz CT molecular complexity index is 102.